The molecule has 0 spiro atoms. The van der Waals surface area contributed by atoms with Gasteiger partial charge in [-0.25, -0.2) is 0 Å². The van der Waals surface area contributed by atoms with Gasteiger partial charge in [0.2, 0.25) is 6.79 Å². The van der Waals surface area contributed by atoms with E-state index in [1.54, 1.807) is 6.26 Å². The second kappa shape index (κ2) is 6.99. The van der Waals surface area contributed by atoms with E-state index in [-0.39, 0.29) is 12.8 Å². The molecule has 102 valence electrons. The van der Waals surface area contributed by atoms with Crippen LogP contribution in [0.1, 0.15) is 12.5 Å². The highest BCUT2D eigenvalue weighted by Crippen LogP contribution is 2.15. The van der Waals surface area contributed by atoms with E-state index in [0.29, 0.717) is 5.11 Å². The van der Waals surface area contributed by atoms with Gasteiger partial charge in [-0.15, -0.1) is 0 Å². The van der Waals surface area contributed by atoms with Crippen molar-refractivity contribution in [2.75, 3.05) is 13.3 Å². The summed E-state index contributed by atoms with van der Waals surface area (Å²) in [5.74, 6) is 0.782. The van der Waals surface area contributed by atoms with Crippen LogP contribution in [0.2, 0.25) is 0 Å². The van der Waals surface area contributed by atoms with E-state index in [9.17, 15) is 0 Å². The van der Waals surface area contributed by atoms with Gasteiger partial charge in [0.25, 0.3) is 0 Å². The minimum absolute atomic E-state index is 0.0172. The topological polar surface area (TPSA) is 42.5 Å². The zero-order valence-electron chi connectivity index (χ0n) is 10.9. The predicted octanol–water partition coefficient (Wildman–Crippen LogP) is 1.93. The van der Waals surface area contributed by atoms with Crippen molar-refractivity contribution < 1.29 is 9.47 Å². The highest BCUT2D eigenvalue weighted by atomic mass is 32.1. The summed E-state index contributed by atoms with van der Waals surface area (Å²) in [5.41, 5.74) is 1.22. The summed E-state index contributed by atoms with van der Waals surface area (Å²) in [7, 11) is 0. The number of hydrogen-bond acceptors (Lipinski definition) is 3. The van der Waals surface area contributed by atoms with Crippen LogP contribution in [0, 0.1) is 0 Å². The summed E-state index contributed by atoms with van der Waals surface area (Å²) in [6.07, 6.45) is 2.44. The molecule has 0 saturated carbocycles. The molecule has 0 aliphatic carbocycles. The van der Waals surface area contributed by atoms with Crippen LogP contribution >= 0.6 is 12.2 Å². The van der Waals surface area contributed by atoms with Crippen LogP contribution in [-0.2, 0) is 15.9 Å². The average molecular weight is 278 g/mol. The van der Waals surface area contributed by atoms with E-state index in [1.165, 1.54) is 5.56 Å². The van der Waals surface area contributed by atoms with E-state index in [1.807, 2.05) is 25.1 Å². The van der Waals surface area contributed by atoms with E-state index in [0.717, 1.165) is 18.7 Å². The second-order valence-corrected chi connectivity index (χ2v) is 4.60. The Labute approximate surface area is 118 Å². The number of benzene rings is 1. The van der Waals surface area contributed by atoms with Crippen molar-refractivity contribution in [1.29, 1.82) is 0 Å². The maximum atomic E-state index is 5.46. The summed E-state index contributed by atoms with van der Waals surface area (Å²) >= 11 is 5.24. The number of thiocarbonyl (C=S) groups is 1. The lowest BCUT2D eigenvalue weighted by Crippen LogP contribution is -2.43. The molecule has 0 bridgehead atoms. The van der Waals surface area contributed by atoms with Crippen molar-refractivity contribution in [3.8, 4) is 0 Å². The van der Waals surface area contributed by atoms with Crippen LogP contribution in [0.4, 0.5) is 0 Å². The van der Waals surface area contributed by atoms with Crippen molar-refractivity contribution in [3.05, 3.63) is 47.9 Å². The molecule has 1 aromatic carbocycles. The van der Waals surface area contributed by atoms with Crippen LogP contribution in [0.5, 0.6) is 0 Å². The van der Waals surface area contributed by atoms with E-state index >= 15 is 0 Å². The fourth-order valence-electron chi connectivity index (χ4n) is 1.88. The summed E-state index contributed by atoms with van der Waals surface area (Å²) in [5, 5.41) is 6.96. The first-order valence-corrected chi connectivity index (χ1v) is 6.73. The highest BCUT2D eigenvalue weighted by Gasteiger charge is 2.21. The molecule has 1 unspecified atom stereocenters. The minimum Gasteiger partial charge on any atom is -0.462 e. The number of rotatable bonds is 5. The first-order valence-electron chi connectivity index (χ1n) is 6.32. The molecule has 1 atom stereocenters. The summed E-state index contributed by atoms with van der Waals surface area (Å²) in [4.78, 5) is 0. The number of nitrogens with one attached hydrogen (secondary N) is 2. The lowest BCUT2D eigenvalue weighted by Gasteiger charge is -2.20. The monoisotopic (exact) mass is 278 g/mol. The molecule has 0 aromatic heterocycles. The van der Waals surface area contributed by atoms with Gasteiger partial charge in [-0.3, -0.25) is 0 Å². The van der Waals surface area contributed by atoms with E-state index < -0.39 is 0 Å². The van der Waals surface area contributed by atoms with Crippen LogP contribution in [-0.4, -0.2) is 24.5 Å². The highest BCUT2D eigenvalue weighted by molar-refractivity contribution is 7.80. The zero-order valence-corrected chi connectivity index (χ0v) is 11.7. The molecule has 1 aliphatic rings. The molecule has 1 heterocycles. The molecule has 2 rings (SSSR count). The van der Waals surface area contributed by atoms with Gasteiger partial charge in [0.1, 0.15) is 6.26 Å². The fourth-order valence-corrected chi connectivity index (χ4v) is 2.16. The van der Waals surface area contributed by atoms with Gasteiger partial charge in [-0.2, -0.15) is 0 Å². The van der Waals surface area contributed by atoms with Crippen LogP contribution in [0.25, 0.3) is 0 Å². The zero-order chi connectivity index (χ0) is 13.5. The maximum absolute atomic E-state index is 5.46. The van der Waals surface area contributed by atoms with Gasteiger partial charge in [0.15, 0.2) is 10.9 Å². The van der Waals surface area contributed by atoms with Gasteiger partial charge < -0.3 is 20.1 Å². The van der Waals surface area contributed by atoms with Gasteiger partial charge in [0, 0.05) is 6.54 Å². The van der Waals surface area contributed by atoms with Gasteiger partial charge in [-0.1, -0.05) is 30.3 Å². The molecule has 0 amide bonds. The summed E-state index contributed by atoms with van der Waals surface area (Å²) in [6.45, 7) is 3.07. The van der Waals surface area contributed by atoms with E-state index in [2.05, 4.69) is 22.8 Å². The maximum Gasteiger partial charge on any atom is 0.229 e. The Morgan fingerprint density at radius 3 is 2.79 bits per heavy atom. The first-order chi connectivity index (χ1) is 9.29. The lowest BCUT2D eigenvalue weighted by atomic mass is 10.0. The number of ether oxygens (including phenoxy) is 2. The molecule has 0 fully saturated rings. The second-order valence-electron chi connectivity index (χ2n) is 4.20. The third kappa shape index (κ3) is 4.13. The molecule has 0 radical (unpaired) electrons. The Hall–Kier alpha value is -1.75. The largest absolute Gasteiger partial charge is 0.462 e. The van der Waals surface area contributed by atoms with Crippen LogP contribution < -0.4 is 10.6 Å². The molecular formula is C14H18N2O2S. The van der Waals surface area contributed by atoms with Crippen molar-refractivity contribution in [1.82, 2.24) is 10.6 Å². The molecular weight excluding hydrogens is 260 g/mol. The van der Waals surface area contributed by atoms with Crippen molar-refractivity contribution in [2.24, 2.45) is 0 Å². The fraction of sp³-hybridized carbons (Fsp3) is 0.357. The Balaban J connectivity index is 2.03. The van der Waals surface area contributed by atoms with Gasteiger partial charge in [0.05, 0.1) is 6.04 Å². The van der Waals surface area contributed by atoms with Crippen molar-refractivity contribution in [3.63, 3.8) is 0 Å². The quantitative estimate of drug-likeness (QED) is 0.806. The lowest BCUT2D eigenvalue weighted by molar-refractivity contribution is 0.0745. The average Bonchev–Trinajstić information content (AvgIpc) is 2.93. The normalized spacial score (nSPS) is 14.9. The van der Waals surface area contributed by atoms with Crippen LogP contribution in [0.15, 0.2) is 42.4 Å². The first kappa shape index (κ1) is 13.7. The van der Waals surface area contributed by atoms with E-state index in [4.69, 9.17) is 21.7 Å². The minimum atomic E-state index is -0.0172. The van der Waals surface area contributed by atoms with Crippen molar-refractivity contribution >= 4 is 17.3 Å². The molecule has 0 saturated heterocycles. The Morgan fingerprint density at radius 1 is 1.37 bits per heavy atom. The third-order valence-electron chi connectivity index (χ3n) is 2.76. The molecule has 5 heteroatoms. The van der Waals surface area contributed by atoms with Gasteiger partial charge >= 0.3 is 0 Å². The molecule has 19 heavy (non-hydrogen) atoms. The third-order valence-corrected chi connectivity index (χ3v) is 3.02. The molecule has 1 aromatic rings. The smallest absolute Gasteiger partial charge is 0.229 e. The van der Waals surface area contributed by atoms with Crippen LogP contribution in [0.3, 0.4) is 0 Å². The Morgan fingerprint density at radius 2 is 2.16 bits per heavy atom. The summed E-state index contributed by atoms with van der Waals surface area (Å²) in [6, 6.07) is 10.2. The van der Waals surface area contributed by atoms with Crippen molar-refractivity contribution in [2.45, 2.75) is 19.4 Å². The number of hydrogen-bond donors (Lipinski definition) is 2. The standard InChI is InChI=1S/C14H18N2O2S/c1-2-15-14(19)16-12(13-9-17-10-18-13)8-11-6-4-3-5-7-11/h3-7,9,12H,2,8,10H2,1H3,(H2,15,16,19). The summed E-state index contributed by atoms with van der Waals surface area (Å²) < 4.78 is 10.6. The Kier molecular flexibility index (Phi) is 5.03. The SMILES string of the molecule is CCNC(=S)NC(Cc1ccccc1)C1=COCO1. The Bertz CT molecular complexity index is 448. The predicted molar refractivity (Wildman–Crippen MR) is 78.5 cm³/mol. The van der Waals surface area contributed by atoms with Gasteiger partial charge in [-0.05, 0) is 31.1 Å². The molecule has 1 aliphatic heterocycles. The molecule has 4 nitrogen and oxygen atoms in total. The molecule has 2 N–H and O–H groups in total.